The Kier molecular flexibility index (Phi) is 3.64. The molecule has 0 aliphatic rings. The maximum Gasteiger partial charge on any atom is 0.267 e. The molecule has 0 radical (unpaired) electrons. The third kappa shape index (κ3) is 2.64. The molecule has 0 aliphatic heterocycles. The molecule has 1 N–H and O–H groups in total. The highest BCUT2D eigenvalue weighted by atomic mass is 32.2. The van der Waals surface area contributed by atoms with Crippen LogP contribution in [0.25, 0.3) is 0 Å². The molecule has 0 fully saturated rings. The van der Waals surface area contributed by atoms with Crippen molar-refractivity contribution in [2.75, 3.05) is 4.72 Å². The lowest BCUT2D eigenvalue weighted by Gasteiger charge is -2.05. The van der Waals surface area contributed by atoms with E-state index in [2.05, 4.69) is 14.8 Å². The fourth-order valence-electron chi connectivity index (χ4n) is 1.94. The first kappa shape index (κ1) is 14.0. The molecular formula is C11H16N4O2S2. The predicted octanol–water partition coefficient (Wildman–Crippen LogP) is 2.09. The van der Waals surface area contributed by atoms with E-state index in [1.807, 2.05) is 13.8 Å². The fraction of sp³-hybridized carbons (Fsp3) is 0.455. The molecule has 0 saturated heterocycles. The number of aryl methyl sites for hydroxylation is 3. The quantitative estimate of drug-likeness (QED) is 0.938. The van der Waals surface area contributed by atoms with Gasteiger partial charge in [0.25, 0.3) is 10.0 Å². The maximum absolute atomic E-state index is 12.4. The van der Waals surface area contributed by atoms with Crippen molar-refractivity contribution in [3.8, 4) is 0 Å². The zero-order chi connectivity index (χ0) is 14.2. The maximum atomic E-state index is 12.4. The van der Waals surface area contributed by atoms with Crippen molar-refractivity contribution in [1.29, 1.82) is 0 Å². The highest BCUT2D eigenvalue weighted by Gasteiger charge is 2.25. The van der Waals surface area contributed by atoms with E-state index in [1.54, 1.807) is 23.9 Å². The molecule has 6 nitrogen and oxygen atoms in total. The minimum absolute atomic E-state index is 0.238. The first-order chi connectivity index (χ1) is 8.85. The normalized spacial score (nSPS) is 11.8. The molecule has 8 heteroatoms. The molecule has 0 saturated carbocycles. The number of hydrogen-bond acceptors (Lipinski definition) is 5. The Morgan fingerprint density at radius 2 is 2.05 bits per heavy atom. The van der Waals surface area contributed by atoms with Gasteiger partial charge in [-0.25, -0.2) is 13.4 Å². The average molecular weight is 300 g/mol. The molecule has 2 aromatic heterocycles. The molecule has 19 heavy (non-hydrogen) atoms. The predicted molar refractivity (Wildman–Crippen MR) is 75.0 cm³/mol. The van der Waals surface area contributed by atoms with Gasteiger partial charge in [0.2, 0.25) is 0 Å². The van der Waals surface area contributed by atoms with Crippen molar-refractivity contribution in [2.45, 2.75) is 39.1 Å². The Morgan fingerprint density at radius 1 is 1.37 bits per heavy atom. The molecule has 0 bridgehead atoms. The average Bonchev–Trinajstić information content (AvgIpc) is 2.82. The van der Waals surface area contributed by atoms with Gasteiger partial charge in [-0.2, -0.15) is 5.10 Å². The molecule has 2 heterocycles. The lowest BCUT2D eigenvalue weighted by molar-refractivity contribution is 0.598. The summed E-state index contributed by atoms with van der Waals surface area (Å²) in [5, 5.41) is 6.40. The molecule has 0 spiro atoms. The summed E-state index contributed by atoms with van der Waals surface area (Å²) in [6, 6.07) is 0. The first-order valence-electron chi connectivity index (χ1n) is 5.84. The van der Waals surface area contributed by atoms with Crippen LogP contribution in [0.3, 0.4) is 0 Å². The van der Waals surface area contributed by atoms with Crippen LogP contribution in [0.15, 0.2) is 10.3 Å². The van der Waals surface area contributed by atoms with Gasteiger partial charge < -0.3 is 0 Å². The van der Waals surface area contributed by atoms with Gasteiger partial charge in [-0.05, 0) is 27.7 Å². The highest BCUT2D eigenvalue weighted by molar-refractivity contribution is 7.93. The van der Waals surface area contributed by atoms with Gasteiger partial charge in [0.15, 0.2) is 5.13 Å². The van der Waals surface area contributed by atoms with Crippen LogP contribution in [-0.4, -0.2) is 23.2 Å². The Bertz CT molecular complexity index is 700. The Morgan fingerprint density at radius 3 is 2.53 bits per heavy atom. The second kappa shape index (κ2) is 4.93. The molecule has 2 aromatic rings. The van der Waals surface area contributed by atoms with Crippen LogP contribution in [0.5, 0.6) is 0 Å². The van der Waals surface area contributed by atoms with E-state index < -0.39 is 10.0 Å². The first-order valence-corrected chi connectivity index (χ1v) is 8.20. The number of nitrogens with one attached hydrogen (secondary N) is 1. The summed E-state index contributed by atoms with van der Waals surface area (Å²) in [6.07, 6.45) is 0. The van der Waals surface area contributed by atoms with Crippen molar-refractivity contribution in [2.24, 2.45) is 0 Å². The van der Waals surface area contributed by atoms with Crippen LogP contribution in [0.2, 0.25) is 0 Å². The van der Waals surface area contributed by atoms with E-state index in [9.17, 15) is 8.42 Å². The number of aromatic nitrogens is 3. The molecule has 0 aromatic carbocycles. The van der Waals surface area contributed by atoms with Gasteiger partial charge in [0.05, 0.1) is 17.1 Å². The fourth-order valence-corrected chi connectivity index (χ4v) is 4.30. The van der Waals surface area contributed by atoms with E-state index in [4.69, 9.17) is 0 Å². The van der Waals surface area contributed by atoms with E-state index in [-0.39, 0.29) is 4.90 Å². The summed E-state index contributed by atoms with van der Waals surface area (Å²) >= 11 is 1.27. The van der Waals surface area contributed by atoms with E-state index in [1.165, 1.54) is 11.3 Å². The largest absolute Gasteiger partial charge is 0.268 e. The van der Waals surface area contributed by atoms with Crippen molar-refractivity contribution in [3.05, 3.63) is 22.5 Å². The van der Waals surface area contributed by atoms with Crippen LogP contribution in [0.1, 0.15) is 24.0 Å². The lowest BCUT2D eigenvalue weighted by atomic mass is 10.4. The topological polar surface area (TPSA) is 76.9 Å². The summed E-state index contributed by atoms with van der Waals surface area (Å²) in [7, 11) is -3.64. The van der Waals surface area contributed by atoms with E-state index >= 15 is 0 Å². The number of thiazole rings is 1. The molecule has 0 unspecified atom stereocenters. The van der Waals surface area contributed by atoms with Gasteiger partial charge in [0, 0.05) is 11.9 Å². The SMILES string of the molecule is CCn1nc(C)c(S(=O)(=O)Nc2nc(C)cs2)c1C. The van der Waals surface area contributed by atoms with Crippen LogP contribution >= 0.6 is 11.3 Å². The van der Waals surface area contributed by atoms with E-state index in [0.29, 0.717) is 23.1 Å². The van der Waals surface area contributed by atoms with Crippen molar-refractivity contribution in [3.63, 3.8) is 0 Å². The van der Waals surface area contributed by atoms with Gasteiger partial charge in [-0.15, -0.1) is 11.3 Å². The van der Waals surface area contributed by atoms with Crippen LogP contribution < -0.4 is 4.72 Å². The smallest absolute Gasteiger partial charge is 0.267 e. The van der Waals surface area contributed by atoms with E-state index in [0.717, 1.165) is 5.69 Å². The summed E-state index contributed by atoms with van der Waals surface area (Å²) in [4.78, 5) is 4.35. The molecule has 104 valence electrons. The van der Waals surface area contributed by atoms with Gasteiger partial charge in [-0.1, -0.05) is 0 Å². The molecule has 0 aliphatic carbocycles. The summed E-state index contributed by atoms with van der Waals surface area (Å²) in [5.74, 6) is 0. The second-order valence-corrected chi connectivity index (χ2v) is 6.69. The van der Waals surface area contributed by atoms with Crippen LogP contribution in [-0.2, 0) is 16.6 Å². The number of rotatable bonds is 4. The zero-order valence-corrected chi connectivity index (χ0v) is 12.9. The third-order valence-electron chi connectivity index (χ3n) is 2.72. The van der Waals surface area contributed by atoms with Crippen molar-refractivity contribution >= 4 is 26.5 Å². The minimum atomic E-state index is -3.64. The molecule has 0 amide bonds. The van der Waals surface area contributed by atoms with Crippen LogP contribution in [0.4, 0.5) is 5.13 Å². The van der Waals surface area contributed by atoms with Crippen LogP contribution in [0, 0.1) is 20.8 Å². The highest BCUT2D eigenvalue weighted by Crippen LogP contribution is 2.24. The van der Waals surface area contributed by atoms with Gasteiger partial charge >= 0.3 is 0 Å². The number of anilines is 1. The van der Waals surface area contributed by atoms with Gasteiger partial charge in [0.1, 0.15) is 4.90 Å². The van der Waals surface area contributed by atoms with Gasteiger partial charge in [-0.3, -0.25) is 9.40 Å². The van der Waals surface area contributed by atoms with Crippen molar-refractivity contribution < 1.29 is 8.42 Å². The Hall–Kier alpha value is -1.41. The lowest BCUT2D eigenvalue weighted by Crippen LogP contribution is -2.15. The summed E-state index contributed by atoms with van der Waals surface area (Å²) in [6.45, 7) is 7.83. The Labute approximate surface area is 116 Å². The standard InChI is InChI=1S/C11H16N4O2S2/c1-5-15-9(4)10(8(3)13-15)19(16,17)14-11-12-7(2)6-18-11/h6H,5H2,1-4H3,(H,12,14). The summed E-state index contributed by atoms with van der Waals surface area (Å²) < 4.78 is 28.9. The third-order valence-corrected chi connectivity index (χ3v) is 5.32. The van der Waals surface area contributed by atoms with Crippen molar-refractivity contribution in [1.82, 2.24) is 14.8 Å². The number of sulfonamides is 1. The Balaban J connectivity index is 2.42. The number of hydrogen-bond donors (Lipinski definition) is 1. The number of nitrogens with zero attached hydrogens (tertiary/aromatic N) is 3. The summed E-state index contributed by atoms with van der Waals surface area (Å²) in [5.41, 5.74) is 1.93. The molecule has 2 rings (SSSR count). The second-order valence-electron chi connectivity index (χ2n) is 4.22. The monoisotopic (exact) mass is 300 g/mol. The minimum Gasteiger partial charge on any atom is -0.268 e. The molecular weight excluding hydrogens is 284 g/mol. The zero-order valence-electron chi connectivity index (χ0n) is 11.3. The molecule has 0 atom stereocenters.